The van der Waals surface area contributed by atoms with Gasteiger partial charge in [-0.25, -0.2) is 13.2 Å². The van der Waals surface area contributed by atoms with Crippen molar-refractivity contribution in [3.05, 3.63) is 59.2 Å². The number of para-hydroxylation sites is 1. The first-order valence-corrected chi connectivity index (χ1v) is 11.2. The largest absolute Gasteiger partial charge is 0.465 e. The van der Waals surface area contributed by atoms with Crippen LogP contribution in [0.5, 0.6) is 0 Å². The second-order valence-electron chi connectivity index (χ2n) is 7.50. The number of carbonyl (C=O) groups is 2. The van der Waals surface area contributed by atoms with E-state index in [1.165, 1.54) is 11.4 Å². The number of hydrogen-bond donors (Lipinski definition) is 1. The molecular weight excluding hydrogens is 404 g/mol. The van der Waals surface area contributed by atoms with Crippen LogP contribution in [0.2, 0.25) is 0 Å². The van der Waals surface area contributed by atoms with E-state index in [-0.39, 0.29) is 22.9 Å². The molecular formula is C22H26N2O5S. The van der Waals surface area contributed by atoms with Crippen molar-refractivity contribution >= 4 is 27.6 Å². The van der Waals surface area contributed by atoms with E-state index in [0.29, 0.717) is 30.6 Å². The normalized spacial score (nSPS) is 17.4. The van der Waals surface area contributed by atoms with Gasteiger partial charge in [-0.1, -0.05) is 24.3 Å². The number of sulfonamides is 1. The highest BCUT2D eigenvalue weighted by atomic mass is 32.2. The summed E-state index contributed by atoms with van der Waals surface area (Å²) < 4.78 is 32.5. The van der Waals surface area contributed by atoms with Gasteiger partial charge in [0, 0.05) is 13.1 Å². The SMILES string of the molecule is COC(=O)c1ccccc1NC(=O)C1CCCN(S(=O)(=O)c2cc(C)ccc2C)C1. The van der Waals surface area contributed by atoms with E-state index in [2.05, 4.69) is 5.32 Å². The fourth-order valence-corrected chi connectivity index (χ4v) is 5.45. The molecule has 2 aromatic carbocycles. The van der Waals surface area contributed by atoms with Gasteiger partial charge in [0.2, 0.25) is 15.9 Å². The van der Waals surface area contributed by atoms with Crippen molar-refractivity contribution in [3.8, 4) is 0 Å². The molecule has 0 saturated carbocycles. The molecule has 1 aliphatic heterocycles. The number of nitrogens with one attached hydrogen (secondary N) is 1. The Kier molecular flexibility index (Phi) is 6.58. The molecule has 1 atom stereocenters. The number of aryl methyl sites for hydroxylation is 2. The second kappa shape index (κ2) is 8.97. The highest BCUT2D eigenvalue weighted by Crippen LogP contribution is 2.27. The van der Waals surface area contributed by atoms with Crippen LogP contribution in [0.3, 0.4) is 0 Å². The fourth-order valence-electron chi connectivity index (χ4n) is 3.61. The first-order valence-electron chi connectivity index (χ1n) is 9.79. The number of benzene rings is 2. The molecule has 1 aliphatic rings. The number of anilines is 1. The van der Waals surface area contributed by atoms with Gasteiger partial charge in [-0.05, 0) is 56.0 Å². The zero-order valence-electron chi connectivity index (χ0n) is 17.3. The first kappa shape index (κ1) is 22.0. The number of nitrogens with zero attached hydrogens (tertiary/aromatic N) is 1. The average molecular weight is 431 g/mol. The van der Waals surface area contributed by atoms with Crippen LogP contribution in [0, 0.1) is 19.8 Å². The van der Waals surface area contributed by atoms with Gasteiger partial charge in [-0.2, -0.15) is 4.31 Å². The number of carbonyl (C=O) groups excluding carboxylic acids is 2. The van der Waals surface area contributed by atoms with Crippen LogP contribution in [0.4, 0.5) is 5.69 Å². The molecule has 1 unspecified atom stereocenters. The minimum absolute atomic E-state index is 0.0991. The zero-order valence-corrected chi connectivity index (χ0v) is 18.2. The van der Waals surface area contributed by atoms with Gasteiger partial charge in [0.25, 0.3) is 0 Å². The summed E-state index contributed by atoms with van der Waals surface area (Å²) in [5.41, 5.74) is 2.15. The summed E-state index contributed by atoms with van der Waals surface area (Å²) >= 11 is 0. The van der Waals surface area contributed by atoms with Crippen LogP contribution in [0.15, 0.2) is 47.4 Å². The van der Waals surface area contributed by atoms with Gasteiger partial charge < -0.3 is 10.1 Å². The van der Waals surface area contributed by atoms with E-state index in [9.17, 15) is 18.0 Å². The Labute approximate surface area is 177 Å². The molecule has 0 aromatic heterocycles. The molecule has 7 nitrogen and oxygen atoms in total. The van der Waals surface area contributed by atoms with Crippen molar-refractivity contribution in [1.29, 1.82) is 0 Å². The van der Waals surface area contributed by atoms with E-state index in [4.69, 9.17) is 4.74 Å². The van der Waals surface area contributed by atoms with E-state index in [0.717, 1.165) is 5.56 Å². The fraction of sp³-hybridized carbons (Fsp3) is 0.364. The van der Waals surface area contributed by atoms with Crippen molar-refractivity contribution in [2.45, 2.75) is 31.6 Å². The van der Waals surface area contributed by atoms with Gasteiger partial charge in [0.15, 0.2) is 0 Å². The third-order valence-electron chi connectivity index (χ3n) is 5.31. The molecule has 0 spiro atoms. The van der Waals surface area contributed by atoms with Crippen molar-refractivity contribution in [2.24, 2.45) is 5.92 Å². The quantitative estimate of drug-likeness (QED) is 0.736. The minimum Gasteiger partial charge on any atom is -0.465 e. The number of rotatable bonds is 5. The summed E-state index contributed by atoms with van der Waals surface area (Å²) in [6, 6.07) is 11.9. The van der Waals surface area contributed by atoms with Gasteiger partial charge in [-0.15, -0.1) is 0 Å². The number of ether oxygens (including phenoxy) is 1. The molecule has 30 heavy (non-hydrogen) atoms. The van der Waals surface area contributed by atoms with Crippen LogP contribution >= 0.6 is 0 Å². The summed E-state index contributed by atoms with van der Waals surface area (Å²) in [6.07, 6.45) is 1.16. The van der Waals surface area contributed by atoms with E-state index >= 15 is 0 Å². The van der Waals surface area contributed by atoms with Crippen LogP contribution in [0.25, 0.3) is 0 Å². The molecule has 0 bridgehead atoms. The molecule has 1 N–H and O–H groups in total. The molecule has 160 valence electrons. The molecule has 8 heteroatoms. The Bertz CT molecular complexity index is 1060. The Morgan fingerprint density at radius 1 is 1.13 bits per heavy atom. The minimum atomic E-state index is -3.70. The second-order valence-corrected chi connectivity index (χ2v) is 9.40. The molecule has 2 aromatic rings. The smallest absolute Gasteiger partial charge is 0.339 e. The maximum atomic E-state index is 13.2. The van der Waals surface area contributed by atoms with Crippen molar-refractivity contribution in [2.75, 3.05) is 25.5 Å². The molecule has 1 heterocycles. The molecule has 1 amide bonds. The van der Waals surface area contributed by atoms with Crippen LogP contribution in [-0.4, -0.2) is 44.8 Å². The predicted molar refractivity (Wildman–Crippen MR) is 114 cm³/mol. The summed E-state index contributed by atoms with van der Waals surface area (Å²) in [4.78, 5) is 25.1. The summed E-state index contributed by atoms with van der Waals surface area (Å²) in [6.45, 7) is 4.09. The predicted octanol–water partition coefficient (Wildman–Crippen LogP) is 3.13. The number of piperidine rings is 1. The number of methoxy groups -OCH3 is 1. The topological polar surface area (TPSA) is 92.8 Å². The Morgan fingerprint density at radius 2 is 1.87 bits per heavy atom. The van der Waals surface area contributed by atoms with Gasteiger partial charge in [0.1, 0.15) is 0 Å². The van der Waals surface area contributed by atoms with Crippen molar-refractivity contribution < 1.29 is 22.7 Å². The molecule has 1 fully saturated rings. The molecule has 0 radical (unpaired) electrons. The maximum Gasteiger partial charge on any atom is 0.339 e. The third kappa shape index (κ3) is 4.55. The number of amides is 1. The average Bonchev–Trinajstić information content (AvgIpc) is 2.75. The highest BCUT2D eigenvalue weighted by molar-refractivity contribution is 7.89. The first-order chi connectivity index (χ1) is 14.2. The number of hydrogen-bond acceptors (Lipinski definition) is 5. The Hall–Kier alpha value is -2.71. The zero-order chi connectivity index (χ0) is 21.9. The lowest BCUT2D eigenvalue weighted by atomic mass is 9.98. The highest BCUT2D eigenvalue weighted by Gasteiger charge is 2.34. The van der Waals surface area contributed by atoms with Crippen LogP contribution < -0.4 is 5.32 Å². The van der Waals surface area contributed by atoms with Crippen molar-refractivity contribution in [1.82, 2.24) is 4.31 Å². The van der Waals surface area contributed by atoms with E-state index < -0.39 is 21.9 Å². The number of esters is 1. The monoisotopic (exact) mass is 430 g/mol. The van der Waals surface area contributed by atoms with Gasteiger partial charge in [-0.3, -0.25) is 4.79 Å². The van der Waals surface area contributed by atoms with E-state index in [1.807, 2.05) is 13.0 Å². The lowest BCUT2D eigenvalue weighted by Gasteiger charge is -2.31. The Balaban J connectivity index is 1.79. The molecule has 1 saturated heterocycles. The lowest BCUT2D eigenvalue weighted by molar-refractivity contribution is -0.120. The maximum absolute atomic E-state index is 13.2. The van der Waals surface area contributed by atoms with Crippen LogP contribution in [0.1, 0.15) is 34.3 Å². The third-order valence-corrected chi connectivity index (χ3v) is 7.31. The lowest BCUT2D eigenvalue weighted by Crippen LogP contribution is -2.44. The van der Waals surface area contributed by atoms with Crippen LogP contribution in [-0.2, 0) is 19.6 Å². The molecule has 3 rings (SSSR count). The molecule has 0 aliphatic carbocycles. The summed E-state index contributed by atoms with van der Waals surface area (Å²) in [5.74, 6) is -1.37. The Morgan fingerprint density at radius 3 is 2.60 bits per heavy atom. The standard InChI is InChI=1S/C22H26N2O5S/c1-15-10-11-16(2)20(13-15)30(27,28)24-12-6-7-17(14-24)21(25)23-19-9-5-4-8-18(19)22(26)29-3/h4-5,8-11,13,17H,6-7,12,14H2,1-3H3,(H,23,25). The van der Waals surface area contributed by atoms with Crippen molar-refractivity contribution in [3.63, 3.8) is 0 Å². The summed E-state index contributed by atoms with van der Waals surface area (Å²) in [5, 5.41) is 2.77. The summed E-state index contributed by atoms with van der Waals surface area (Å²) in [7, 11) is -2.42. The van der Waals surface area contributed by atoms with Gasteiger partial charge >= 0.3 is 5.97 Å². The van der Waals surface area contributed by atoms with E-state index in [1.54, 1.807) is 43.3 Å². The van der Waals surface area contributed by atoms with Gasteiger partial charge in [0.05, 0.1) is 29.2 Å².